The van der Waals surface area contributed by atoms with E-state index in [0.717, 1.165) is 38.1 Å². The summed E-state index contributed by atoms with van der Waals surface area (Å²) >= 11 is 0. The summed E-state index contributed by atoms with van der Waals surface area (Å²) in [6.07, 6.45) is 3.59. The van der Waals surface area contributed by atoms with Crippen molar-refractivity contribution in [3.05, 3.63) is 225 Å². The maximum absolute atomic E-state index is 17.3. The molecule has 0 bridgehead atoms. The van der Waals surface area contributed by atoms with Gasteiger partial charge in [0.05, 0.1) is 22.1 Å². The highest BCUT2D eigenvalue weighted by Gasteiger charge is 2.50. The Labute approximate surface area is 386 Å². The zero-order valence-electron chi connectivity index (χ0n) is 36.0. The molecule has 0 N–H and O–H groups in total. The molecular formula is C60H37N4OPSi. The van der Waals surface area contributed by atoms with Gasteiger partial charge in [-0.15, -0.1) is 0 Å². The molecule has 1 aliphatic rings. The van der Waals surface area contributed by atoms with Crippen molar-refractivity contribution in [2.75, 3.05) is 0 Å². The van der Waals surface area contributed by atoms with Crippen molar-refractivity contribution < 1.29 is 4.57 Å². The van der Waals surface area contributed by atoms with Gasteiger partial charge in [0.1, 0.15) is 10.9 Å². The van der Waals surface area contributed by atoms with Gasteiger partial charge in [0.2, 0.25) is 7.14 Å². The van der Waals surface area contributed by atoms with Crippen LogP contribution in [0.2, 0.25) is 0 Å². The molecule has 0 atom stereocenters. The van der Waals surface area contributed by atoms with Crippen LogP contribution in [0.3, 0.4) is 0 Å². The Kier molecular flexibility index (Phi) is 8.21. The van der Waals surface area contributed by atoms with Crippen LogP contribution >= 0.6 is 7.14 Å². The van der Waals surface area contributed by atoms with Gasteiger partial charge in [0, 0.05) is 39.2 Å². The predicted octanol–water partition coefficient (Wildman–Crippen LogP) is 10.3. The first-order valence-corrected chi connectivity index (χ1v) is 26.3. The summed E-state index contributed by atoms with van der Waals surface area (Å²) in [5, 5.41) is 16.9. The van der Waals surface area contributed by atoms with E-state index < -0.39 is 15.2 Å². The zero-order valence-corrected chi connectivity index (χ0v) is 37.9. The van der Waals surface area contributed by atoms with E-state index in [4.69, 9.17) is 19.9 Å². The number of nitrogens with zero attached hydrogens (tertiary/aromatic N) is 4. The van der Waals surface area contributed by atoms with Gasteiger partial charge in [0.15, 0.2) is 8.07 Å². The molecule has 0 saturated heterocycles. The average molecular weight is 889 g/mol. The molecule has 9 aromatic carbocycles. The summed E-state index contributed by atoms with van der Waals surface area (Å²) in [4.78, 5) is 20.4. The topological polar surface area (TPSA) is 68.6 Å². The van der Waals surface area contributed by atoms with E-state index in [1.807, 2.05) is 48.5 Å². The molecule has 7 heteroatoms. The quantitative estimate of drug-likeness (QED) is 0.0978. The van der Waals surface area contributed by atoms with Crippen molar-refractivity contribution in [2.45, 2.75) is 0 Å². The van der Waals surface area contributed by atoms with E-state index in [-0.39, 0.29) is 0 Å². The van der Waals surface area contributed by atoms with Crippen molar-refractivity contribution in [3.63, 3.8) is 0 Å². The van der Waals surface area contributed by atoms with E-state index in [0.29, 0.717) is 27.2 Å². The molecule has 0 spiro atoms. The maximum Gasteiger partial charge on any atom is 0.206 e. The van der Waals surface area contributed by atoms with Crippen molar-refractivity contribution in [2.24, 2.45) is 0 Å². The summed E-state index contributed by atoms with van der Waals surface area (Å²) in [5.74, 6) is 0. The maximum atomic E-state index is 17.3. The highest BCUT2D eigenvalue weighted by molar-refractivity contribution is 7.85. The molecule has 312 valence electrons. The SMILES string of the molecule is O=P(c1ccc2c(c1)[Si](c1ccccc1)(c1ccccc1)c1cc3c4ccccc4c4ccccc4c3cc1-2)(c1ccc2ccc3cccnc3c2n1)c1ccc2ccc3cccnc3c2n1. The molecule has 0 fully saturated rings. The molecular weight excluding hydrogens is 852 g/mol. The number of rotatable bonds is 5. The molecule has 0 radical (unpaired) electrons. The van der Waals surface area contributed by atoms with Crippen LogP contribution in [-0.2, 0) is 4.57 Å². The lowest BCUT2D eigenvalue weighted by molar-refractivity contribution is 0.591. The number of fused-ring (bicyclic) bond motifs is 15. The lowest BCUT2D eigenvalue weighted by atomic mass is 9.92. The van der Waals surface area contributed by atoms with Gasteiger partial charge in [0.25, 0.3) is 0 Å². The molecule has 14 rings (SSSR count). The Morgan fingerprint density at radius 2 is 0.776 bits per heavy atom. The highest BCUT2D eigenvalue weighted by Crippen LogP contribution is 2.45. The first-order chi connectivity index (χ1) is 33.1. The first kappa shape index (κ1) is 38.1. The van der Waals surface area contributed by atoms with Gasteiger partial charge < -0.3 is 4.57 Å². The van der Waals surface area contributed by atoms with Crippen molar-refractivity contribution in [3.8, 4) is 11.1 Å². The van der Waals surface area contributed by atoms with Crippen LogP contribution in [0.5, 0.6) is 0 Å². The molecule has 0 aliphatic carbocycles. The zero-order chi connectivity index (χ0) is 44.3. The van der Waals surface area contributed by atoms with Crippen LogP contribution in [0.15, 0.2) is 225 Å². The monoisotopic (exact) mass is 888 g/mol. The largest absolute Gasteiger partial charge is 0.305 e. The standard InChI is InChI=1S/C60H37N4OPSi/c65-66(55-31-27-40-25-23-38-13-11-33-61-57(38)59(40)63-55,56-32-28-41-26-24-39-14-12-34-62-58(39)60(41)64-56)42-29-30-49-52-36-50-47-21-9-7-19-45(47)46-20-8-10-22-48(46)51(50)37-54(52)67(53(49)35-42,43-15-3-1-4-16-43)44-17-5-2-6-18-44/h1-37H. The Morgan fingerprint density at radius 3 is 1.30 bits per heavy atom. The second-order valence-corrected chi connectivity index (χ2v) is 24.0. The molecule has 13 aromatic rings. The summed E-state index contributed by atoms with van der Waals surface area (Å²) in [5.41, 5.74) is 6.26. The van der Waals surface area contributed by atoms with Gasteiger partial charge in [-0.05, 0) is 101 Å². The molecule has 0 amide bonds. The van der Waals surface area contributed by atoms with Crippen molar-refractivity contribution in [1.29, 1.82) is 0 Å². The Morgan fingerprint density at radius 1 is 0.343 bits per heavy atom. The molecule has 4 aromatic heterocycles. The number of benzene rings is 9. The highest BCUT2D eigenvalue weighted by atomic mass is 31.2. The molecule has 5 heterocycles. The van der Waals surface area contributed by atoms with Crippen LogP contribution in [0.25, 0.3) is 87.1 Å². The van der Waals surface area contributed by atoms with Gasteiger partial charge in [-0.25, -0.2) is 9.97 Å². The van der Waals surface area contributed by atoms with Crippen molar-refractivity contribution >= 4 is 128 Å². The fourth-order valence-corrected chi connectivity index (χ4v) is 19.0. The number of hydrogen-bond acceptors (Lipinski definition) is 5. The summed E-state index contributed by atoms with van der Waals surface area (Å²) in [6, 6.07) is 75.4. The van der Waals surface area contributed by atoms with Crippen LogP contribution < -0.4 is 36.9 Å². The normalized spacial score (nSPS) is 13.3. The number of pyridine rings is 4. The second-order valence-electron chi connectivity index (χ2n) is 17.6. The van der Waals surface area contributed by atoms with Gasteiger partial charge in [-0.2, -0.15) is 0 Å². The third-order valence-electron chi connectivity index (χ3n) is 14.2. The predicted molar refractivity (Wildman–Crippen MR) is 282 cm³/mol. The van der Waals surface area contributed by atoms with E-state index in [9.17, 15) is 0 Å². The smallest absolute Gasteiger partial charge is 0.206 e. The summed E-state index contributed by atoms with van der Waals surface area (Å²) in [6.45, 7) is 0. The lowest BCUT2D eigenvalue weighted by Gasteiger charge is -2.32. The van der Waals surface area contributed by atoms with E-state index >= 15 is 4.57 Å². The third kappa shape index (κ3) is 5.40. The molecule has 1 aliphatic heterocycles. The fraction of sp³-hybridized carbons (Fsp3) is 0. The first-order valence-electron chi connectivity index (χ1n) is 22.6. The Hall–Kier alpha value is -8.15. The molecule has 0 saturated carbocycles. The Balaban J connectivity index is 1.11. The van der Waals surface area contributed by atoms with Crippen LogP contribution in [-0.4, -0.2) is 28.0 Å². The van der Waals surface area contributed by atoms with Gasteiger partial charge in [-0.1, -0.05) is 176 Å². The van der Waals surface area contributed by atoms with E-state index in [2.05, 4.69) is 164 Å². The van der Waals surface area contributed by atoms with E-state index in [1.165, 1.54) is 58.6 Å². The van der Waals surface area contributed by atoms with Crippen LogP contribution in [0.4, 0.5) is 0 Å². The summed E-state index contributed by atoms with van der Waals surface area (Å²) in [7, 11) is -7.02. The van der Waals surface area contributed by atoms with Gasteiger partial charge >= 0.3 is 0 Å². The van der Waals surface area contributed by atoms with Crippen LogP contribution in [0, 0.1) is 0 Å². The fourth-order valence-electron chi connectivity index (χ4n) is 11.2. The number of aromatic nitrogens is 4. The lowest BCUT2D eigenvalue weighted by Crippen LogP contribution is -2.73. The number of hydrogen-bond donors (Lipinski definition) is 0. The second kappa shape index (κ2) is 14.4. The molecule has 5 nitrogen and oxygen atoms in total. The van der Waals surface area contributed by atoms with Crippen LogP contribution in [0.1, 0.15) is 0 Å². The molecule has 67 heavy (non-hydrogen) atoms. The summed E-state index contributed by atoms with van der Waals surface area (Å²) < 4.78 is 17.3. The minimum atomic E-state index is -3.87. The van der Waals surface area contributed by atoms with E-state index in [1.54, 1.807) is 12.4 Å². The minimum Gasteiger partial charge on any atom is -0.305 e. The van der Waals surface area contributed by atoms with Gasteiger partial charge in [-0.3, -0.25) is 9.97 Å². The minimum absolute atomic E-state index is 0.462. The van der Waals surface area contributed by atoms with Crippen molar-refractivity contribution in [1.82, 2.24) is 19.9 Å². The Bertz CT molecular complexity index is 4110. The third-order valence-corrected chi connectivity index (χ3v) is 21.9. The average Bonchev–Trinajstić information content (AvgIpc) is 3.69. The molecule has 0 unspecified atom stereocenters.